The van der Waals surface area contributed by atoms with E-state index < -0.39 is 34.4 Å². The first-order valence-corrected chi connectivity index (χ1v) is 10.8. The predicted octanol–water partition coefficient (Wildman–Crippen LogP) is 4.10. The summed E-state index contributed by atoms with van der Waals surface area (Å²) in [6, 6.07) is 15.5. The number of aliphatic hydroxyl groups is 1. The van der Waals surface area contributed by atoms with Gasteiger partial charge in [0, 0.05) is 23.4 Å². The number of nitro groups is 1. The van der Waals surface area contributed by atoms with Crippen molar-refractivity contribution in [2.24, 2.45) is 0 Å². The second-order valence-corrected chi connectivity index (χ2v) is 7.83. The van der Waals surface area contributed by atoms with E-state index in [1.54, 1.807) is 6.92 Å². The number of benzene rings is 3. The van der Waals surface area contributed by atoms with Gasteiger partial charge in [-0.15, -0.1) is 0 Å². The lowest BCUT2D eigenvalue weighted by Crippen LogP contribution is -2.29. The van der Waals surface area contributed by atoms with Crippen LogP contribution in [0, 0.1) is 10.1 Å². The number of phenols is 1. The van der Waals surface area contributed by atoms with Crippen LogP contribution in [0.1, 0.15) is 34.5 Å². The molecule has 3 aromatic carbocycles. The molecule has 1 aliphatic rings. The first-order valence-electron chi connectivity index (χ1n) is 10.8. The summed E-state index contributed by atoms with van der Waals surface area (Å²) in [5, 5.41) is 31.8. The van der Waals surface area contributed by atoms with Gasteiger partial charge in [-0.05, 0) is 61.0 Å². The molecule has 4 rings (SSSR count). The molecule has 36 heavy (non-hydrogen) atoms. The maximum atomic E-state index is 13.2. The number of carbonyl (C=O) groups excluding carboxylic acids is 3. The molecule has 0 aliphatic carbocycles. The van der Waals surface area contributed by atoms with E-state index in [4.69, 9.17) is 4.74 Å². The number of Topliss-reactive ketones (excluding diaryl/α,β-unsaturated/α-hetero) is 1. The summed E-state index contributed by atoms with van der Waals surface area (Å²) < 4.78 is 4.97. The molecule has 1 unspecified atom stereocenters. The summed E-state index contributed by atoms with van der Waals surface area (Å²) in [7, 11) is 0. The lowest BCUT2D eigenvalue weighted by atomic mass is 9.95. The Kier molecular flexibility index (Phi) is 6.51. The average molecular weight is 488 g/mol. The van der Waals surface area contributed by atoms with Gasteiger partial charge in [-0.25, -0.2) is 4.79 Å². The second kappa shape index (κ2) is 9.71. The summed E-state index contributed by atoms with van der Waals surface area (Å²) in [6.07, 6.45) is 0. The van der Waals surface area contributed by atoms with Crippen LogP contribution in [0.2, 0.25) is 0 Å². The Balaban J connectivity index is 1.84. The van der Waals surface area contributed by atoms with Crippen LogP contribution >= 0.6 is 0 Å². The Morgan fingerprint density at radius 3 is 2.11 bits per heavy atom. The number of aliphatic hydroxyl groups excluding tert-OH is 1. The molecule has 0 saturated carbocycles. The third-order valence-corrected chi connectivity index (χ3v) is 5.66. The maximum Gasteiger partial charge on any atom is 0.338 e. The minimum Gasteiger partial charge on any atom is -0.508 e. The van der Waals surface area contributed by atoms with E-state index >= 15 is 0 Å². The highest BCUT2D eigenvalue weighted by Crippen LogP contribution is 2.42. The molecule has 10 heteroatoms. The number of nitro benzene ring substituents is 1. The van der Waals surface area contributed by atoms with Crippen LogP contribution < -0.4 is 4.90 Å². The van der Waals surface area contributed by atoms with Crippen molar-refractivity contribution in [3.63, 3.8) is 0 Å². The molecule has 1 heterocycles. The Morgan fingerprint density at radius 1 is 0.972 bits per heavy atom. The topological polar surface area (TPSA) is 147 Å². The van der Waals surface area contributed by atoms with Gasteiger partial charge in [-0.2, -0.15) is 0 Å². The van der Waals surface area contributed by atoms with E-state index in [0.29, 0.717) is 5.56 Å². The SMILES string of the molecule is CCOC(=O)c1ccc(N2C(=O)C(=O)/C(=C(\O)c3ccc([N+](=O)[O-])cc3)C2c2ccc(O)cc2)cc1. The molecular weight excluding hydrogens is 468 g/mol. The number of ketones is 1. The number of nitrogens with zero attached hydrogens (tertiary/aromatic N) is 2. The minimum atomic E-state index is -1.07. The number of hydrogen-bond donors (Lipinski definition) is 2. The molecule has 3 aromatic rings. The number of phenolic OH excluding ortho intramolecular Hbond substituents is 1. The van der Waals surface area contributed by atoms with Crippen LogP contribution in [0.25, 0.3) is 5.76 Å². The fourth-order valence-corrected chi connectivity index (χ4v) is 3.94. The van der Waals surface area contributed by atoms with Crippen molar-refractivity contribution in [1.29, 1.82) is 0 Å². The molecule has 1 atom stereocenters. The van der Waals surface area contributed by atoms with Crippen LogP contribution in [0.3, 0.4) is 0 Å². The normalized spacial score (nSPS) is 16.7. The Hall–Kier alpha value is -4.99. The first-order chi connectivity index (χ1) is 17.2. The Morgan fingerprint density at radius 2 is 1.56 bits per heavy atom. The van der Waals surface area contributed by atoms with E-state index in [-0.39, 0.29) is 40.4 Å². The number of carbonyl (C=O) groups is 3. The molecule has 0 radical (unpaired) electrons. The molecule has 182 valence electrons. The van der Waals surface area contributed by atoms with E-state index in [1.165, 1.54) is 77.7 Å². The highest BCUT2D eigenvalue weighted by molar-refractivity contribution is 6.51. The van der Waals surface area contributed by atoms with Gasteiger partial charge in [0.25, 0.3) is 17.4 Å². The zero-order valence-electron chi connectivity index (χ0n) is 19.0. The van der Waals surface area contributed by atoms with Crippen LogP contribution in [0.15, 0.2) is 78.4 Å². The first kappa shape index (κ1) is 24.1. The number of esters is 1. The lowest BCUT2D eigenvalue weighted by Gasteiger charge is -2.25. The zero-order valence-corrected chi connectivity index (χ0v) is 19.0. The molecule has 1 saturated heterocycles. The largest absolute Gasteiger partial charge is 0.508 e. The number of anilines is 1. The minimum absolute atomic E-state index is 0.0372. The van der Waals surface area contributed by atoms with Crippen molar-refractivity contribution >= 4 is 34.8 Å². The third-order valence-electron chi connectivity index (χ3n) is 5.66. The van der Waals surface area contributed by atoms with Crippen LogP contribution in [-0.2, 0) is 14.3 Å². The van der Waals surface area contributed by atoms with Crippen molar-refractivity contribution in [3.05, 3.63) is 105 Å². The number of non-ortho nitro benzene ring substituents is 1. The number of amides is 1. The smallest absolute Gasteiger partial charge is 0.338 e. The highest BCUT2D eigenvalue weighted by Gasteiger charge is 2.47. The monoisotopic (exact) mass is 488 g/mol. The number of ether oxygens (including phenoxy) is 1. The Bertz CT molecular complexity index is 1380. The average Bonchev–Trinajstić information content (AvgIpc) is 3.14. The molecule has 1 amide bonds. The van der Waals surface area contributed by atoms with Gasteiger partial charge in [0.2, 0.25) is 0 Å². The van der Waals surface area contributed by atoms with Crippen molar-refractivity contribution in [1.82, 2.24) is 0 Å². The molecule has 1 aliphatic heterocycles. The maximum absolute atomic E-state index is 13.2. The molecule has 10 nitrogen and oxygen atoms in total. The lowest BCUT2D eigenvalue weighted by molar-refractivity contribution is -0.384. The zero-order chi connectivity index (χ0) is 26.0. The van der Waals surface area contributed by atoms with Crippen molar-refractivity contribution < 1.29 is 34.3 Å². The summed E-state index contributed by atoms with van der Waals surface area (Å²) in [5.41, 5.74) is 0.637. The van der Waals surface area contributed by atoms with Gasteiger partial charge in [-0.1, -0.05) is 12.1 Å². The van der Waals surface area contributed by atoms with E-state index in [0.717, 1.165) is 0 Å². The van der Waals surface area contributed by atoms with Crippen molar-refractivity contribution in [2.45, 2.75) is 13.0 Å². The predicted molar refractivity (Wildman–Crippen MR) is 128 cm³/mol. The molecular formula is C26H20N2O8. The summed E-state index contributed by atoms with van der Waals surface area (Å²) in [4.78, 5) is 49.9. The summed E-state index contributed by atoms with van der Waals surface area (Å²) in [5.74, 6) is -2.96. The number of rotatable bonds is 6. The summed E-state index contributed by atoms with van der Waals surface area (Å²) in [6.45, 7) is 1.87. The third kappa shape index (κ3) is 4.39. The van der Waals surface area contributed by atoms with Gasteiger partial charge in [0.1, 0.15) is 11.5 Å². The number of hydrogen-bond acceptors (Lipinski definition) is 8. The van der Waals surface area contributed by atoms with E-state index in [1.807, 2.05) is 0 Å². The van der Waals surface area contributed by atoms with E-state index in [2.05, 4.69) is 0 Å². The summed E-state index contributed by atoms with van der Waals surface area (Å²) >= 11 is 0. The van der Waals surface area contributed by atoms with Crippen LogP contribution in [0.5, 0.6) is 5.75 Å². The molecule has 0 bridgehead atoms. The number of aromatic hydroxyl groups is 1. The fraction of sp³-hybridized carbons (Fsp3) is 0.115. The fourth-order valence-electron chi connectivity index (χ4n) is 3.94. The Labute approximate surface area is 204 Å². The van der Waals surface area contributed by atoms with Gasteiger partial charge < -0.3 is 14.9 Å². The standard InChI is InChI=1S/C26H20N2O8/c1-2-36-26(33)17-5-9-18(10-6-17)27-22(15-7-13-20(29)14-8-15)21(24(31)25(27)32)23(30)16-3-11-19(12-4-16)28(34)35/h3-14,22,29-30H,2H2,1H3/b23-21-. The highest BCUT2D eigenvalue weighted by atomic mass is 16.6. The van der Waals surface area contributed by atoms with Gasteiger partial charge in [0.05, 0.1) is 28.7 Å². The van der Waals surface area contributed by atoms with Crippen LogP contribution in [0.4, 0.5) is 11.4 Å². The van der Waals surface area contributed by atoms with Gasteiger partial charge in [-0.3, -0.25) is 24.6 Å². The van der Waals surface area contributed by atoms with Gasteiger partial charge in [0.15, 0.2) is 0 Å². The van der Waals surface area contributed by atoms with Crippen molar-refractivity contribution in [3.8, 4) is 5.75 Å². The quantitative estimate of drug-likeness (QED) is 0.132. The van der Waals surface area contributed by atoms with Crippen molar-refractivity contribution in [2.75, 3.05) is 11.5 Å². The second-order valence-electron chi connectivity index (χ2n) is 7.83. The molecule has 0 aromatic heterocycles. The molecule has 0 spiro atoms. The van der Waals surface area contributed by atoms with Gasteiger partial charge >= 0.3 is 5.97 Å². The van der Waals surface area contributed by atoms with E-state index in [9.17, 15) is 34.7 Å². The molecule has 2 N–H and O–H groups in total. The van der Waals surface area contributed by atoms with Crippen LogP contribution in [-0.4, -0.2) is 39.4 Å². The molecule has 1 fully saturated rings.